The van der Waals surface area contributed by atoms with Crippen LogP contribution < -0.4 is 5.32 Å². The van der Waals surface area contributed by atoms with E-state index in [1.165, 1.54) is 11.3 Å². The molecule has 1 aromatic rings. The first-order chi connectivity index (χ1) is 9.83. The van der Waals surface area contributed by atoms with Crippen LogP contribution in [0, 0.1) is 0 Å². The predicted molar refractivity (Wildman–Crippen MR) is 78.9 cm³/mol. The summed E-state index contributed by atoms with van der Waals surface area (Å²) in [5.41, 5.74) is 1.11. The van der Waals surface area contributed by atoms with Crippen molar-refractivity contribution in [3.63, 3.8) is 0 Å². The summed E-state index contributed by atoms with van der Waals surface area (Å²) in [5.74, 6) is 0. The molecule has 120 valence electrons. The molecule has 2 rings (SSSR count). The molecule has 0 spiro atoms. The number of hydrogen-bond acceptors (Lipinski definition) is 3. The number of halogens is 4. The standard InChI is InChI=1S/C14H19ClF3NOS/c1-9(10-5-13(15)21-7-10)19-11-3-2-4-12(6-11)20-8-14(16,17)18/h5,7,9,11-12,19H,2-4,6,8H2,1H3. The molecule has 1 aliphatic rings. The molecular weight excluding hydrogens is 323 g/mol. The molecule has 1 fully saturated rings. The SMILES string of the molecule is CC(NC1CCCC(OCC(F)(F)F)C1)c1csc(Cl)c1. The first-order valence-electron chi connectivity index (χ1n) is 7.02. The predicted octanol–water partition coefficient (Wildman–Crippen LogP) is 4.94. The minimum Gasteiger partial charge on any atom is -0.369 e. The van der Waals surface area contributed by atoms with E-state index in [1.54, 1.807) is 0 Å². The molecule has 0 aliphatic heterocycles. The fraction of sp³-hybridized carbons (Fsp3) is 0.714. The highest BCUT2D eigenvalue weighted by atomic mass is 35.5. The normalized spacial score (nSPS) is 25.0. The van der Waals surface area contributed by atoms with Gasteiger partial charge in [0.25, 0.3) is 0 Å². The third-order valence-corrected chi connectivity index (χ3v) is 4.79. The number of nitrogens with one attached hydrogen (secondary N) is 1. The highest BCUT2D eigenvalue weighted by Gasteiger charge is 2.31. The zero-order valence-corrected chi connectivity index (χ0v) is 13.3. The maximum Gasteiger partial charge on any atom is 0.411 e. The third kappa shape index (κ3) is 5.77. The Morgan fingerprint density at radius 2 is 2.24 bits per heavy atom. The second kappa shape index (κ2) is 7.31. The number of rotatable bonds is 5. The van der Waals surface area contributed by atoms with E-state index in [1.807, 2.05) is 18.4 Å². The van der Waals surface area contributed by atoms with Gasteiger partial charge in [0.15, 0.2) is 0 Å². The van der Waals surface area contributed by atoms with Gasteiger partial charge in [0, 0.05) is 12.1 Å². The second-order valence-corrected chi connectivity index (χ2v) is 7.03. The number of alkyl halides is 3. The molecule has 2 nitrogen and oxygen atoms in total. The molecule has 1 heterocycles. The van der Waals surface area contributed by atoms with Crippen LogP contribution in [0.2, 0.25) is 4.34 Å². The Balaban J connectivity index is 1.81. The molecule has 21 heavy (non-hydrogen) atoms. The van der Waals surface area contributed by atoms with E-state index in [0.29, 0.717) is 12.8 Å². The minimum absolute atomic E-state index is 0.139. The fourth-order valence-corrected chi connectivity index (χ4v) is 3.64. The van der Waals surface area contributed by atoms with Crippen LogP contribution in [-0.2, 0) is 4.74 Å². The summed E-state index contributed by atoms with van der Waals surface area (Å²) >= 11 is 7.40. The smallest absolute Gasteiger partial charge is 0.369 e. The first-order valence-corrected chi connectivity index (χ1v) is 8.27. The summed E-state index contributed by atoms with van der Waals surface area (Å²) in [7, 11) is 0. The van der Waals surface area contributed by atoms with Crippen LogP contribution >= 0.6 is 22.9 Å². The lowest BCUT2D eigenvalue weighted by atomic mass is 9.92. The van der Waals surface area contributed by atoms with E-state index < -0.39 is 12.8 Å². The Morgan fingerprint density at radius 3 is 2.86 bits per heavy atom. The largest absolute Gasteiger partial charge is 0.411 e. The molecule has 0 aromatic carbocycles. The third-order valence-electron chi connectivity index (χ3n) is 3.68. The summed E-state index contributed by atoms with van der Waals surface area (Å²) in [6.07, 6.45) is -1.38. The van der Waals surface area contributed by atoms with E-state index in [2.05, 4.69) is 5.32 Å². The topological polar surface area (TPSA) is 21.3 Å². The lowest BCUT2D eigenvalue weighted by Crippen LogP contribution is -2.39. The Hall–Kier alpha value is -0.300. The van der Waals surface area contributed by atoms with Gasteiger partial charge in [-0.3, -0.25) is 0 Å². The van der Waals surface area contributed by atoms with Crippen molar-refractivity contribution in [2.24, 2.45) is 0 Å². The monoisotopic (exact) mass is 341 g/mol. The van der Waals surface area contributed by atoms with Crippen molar-refractivity contribution in [3.05, 3.63) is 21.3 Å². The Morgan fingerprint density at radius 1 is 1.48 bits per heavy atom. The van der Waals surface area contributed by atoms with Crippen molar-refractivity contribution >= 4 is 22.9 Å². The number of thiophene rings is 1. The average molecular weight is 342 g/mol. The summed E-state index contributed by atoms with van der Waals surface area (Å²) in [6.45, 7) is 0.888. The summed E-state index contributed by atoms with van der Waals surface area (Å²) in [4.78, 5) is 0. The molecule has 0 saturated heterocycles. The summed E-state index contributed by atoms with van der Waals surface area (Å²) < 4.78 is 42.3. The van der Waals surface area contributed by atoms with Gasteiger partial charge in [0.1, 0.15) is 6.61 Å². The molecule has 7 heteroatoms. The number of hydrogen-bond donors (Lipinski definition) is 1. The van der Waals surface area contributed by atoms with Gasteiger partial charge in [0.05, 0.1) is 10.4 Å². The fourth-order valence-electron chi connectivity index (χ4n) is 2.66. The quantitative estimate of drug-likeness (QED) is 0.818. The van der Waals surface area contributed by atoms with Gasteiger partial charge < -0.3 is 10.1 Å². The van der Waals surface area contributed by atoms with Crippen LogP contribution in [0.25, 0.3) is 0 Å². The van der Waals surface area contributed by atoms with Crippen molar-refractivity contribution in [2.45, 2.75) is 57.0 Å². The van der Waals surface area contributed by atoms with Crippen molar-refractivity contribution in [1.82, 2.24) is 5.32 Å². The van der Waals surface area contributed by atoms with Crippen LogP contribution in [0.15, 0.2) is 11.4 Å². The van der Waals surface area contributed by atoms with Gasteiger partial charge >= 0.3 is 6.18 Å². The molecule has 3 atom stereocenters. The second-order valence-electron chi connectivity index (χ2n) is 5.48. The molecule has 1 N–H and O–H groups in total. The molecule has 1 aliphatic carbocycles. The van der Waals surface area contributed by atoms with Crippen LogP contribution in [0.1, 0.15) is 44.2 Å². The van der Waals surface area contributed by atoms with Gasteiger partial charge in [-0.2, -0.15) is 13.2 Å². The number of ether oxygens (including phenoxy) is 1. The van der Waals surface area contributed by atoms with Crippen molar-refractivity contribution < 1.29 is 17.9 Å². The molecule has 0 amide bonds. The van der Waals surface area contributed by atoms with E-state index in [9.17, 15) is 13.2 Å². The summed E-state index contributed by atoms with van der Waals surface area (Å²) in [5, 5.41) is 5.46. The van der Waals surface area contributed by atoms with Crippen molar-refractivity contribution in [2.75, 3.05) is 6.61 Å². The summed E-state index contributed by atoms with van der Waals surface area (Å²) in [6, 6.07) is 2.25. The van der Waals surface area contributed by atoms with E-state index in [-0.39, 0.29) is 18.2 Å². The lowest BCUT2D eigenvalue weighted by molar-refractivity contribution is -0.188. The van der Waals surface area contributed by atoms with E-state index in [0.717, 1.165) is 22.7 Å². The Kier molecular flexibility index (Phi) is 5.94. The van der Waals surface area contributed by atoms with Crippen LogP contribution in [0.5, 0.6) is 0 Å². The average Bonchev–Trinajstić information content (AvgIpc) is 2.83. The van der Waals surface area contributed by atoms with Gasteiger partial charge in [-0.05, 0) is 49.6 Å². The van der Waals surface area contributed by atoms with Crippen LogP contribution in [0.3, 0.4) is 0 Å². The van der Waals surface area contributed by atoms with Crippen molar-refractivity contribution in [3.8, 4) is 0 Å². The van der Waals surface area contributed by atoms with Crippen LogP contribution in [0.4, 0.5) is 13.2 Å². The Bertz CT molecular complexity index is 452. The zero-order valence-electron chi connectivity index (χ0n) is 11.8. The van der Waals surface area contributed by atoms with E-state index >= 15 is 0 Å². The molecule has 0 bridgehead atoms. The first kappa shape index (κ1) is 17.1. The maximum atomic E-state index is 12.2. The molecule has 3 unspecified atom stereocenters. The van der Waals surface area contributed by atoms with Crippen LogP contribution in [-0.4, -0.2) is 24.9 Å². The highest BCUT2D eigenvalue weighted by Crippen LogP contribution is 2.28. The zero-order chi connectivity index (χ0) is 15.5. The highest BCUT2D eigenvalue weighted by molar-refractivity contribution is 7.14. The maximum absolute atomic E-state index is 12.2. The molecule has 0 radical (unpaired) electrons. The van der Waals surface area contributed by atoms with Gasteiger partial charge in [-0.15, -0.1) is 11.3 Å². The molecule has 1 saturated carbocycles. The van der Waals surface area contributed by atoms with Gasteiger partial charge in [-0.25, -0.2) is 0 Å². The van der Waals surface area contributed by atoms with E-state index in [4.69, 9.17) is 16.3 Å². The van der Waals surface area contributed by atoms with Gasteiger partial charge in [-0.1, -0.05) is 11.6 Å². The minimum atomic E-state index is -4.25. The van der Waals surface area contributed by atoms with Crippen molar-refractivity contribution in [1.29, 1.82) is 0 Å². The molecule has 1 aromatic heterocycles. The van der Waals surface area contributed by atoms with Gasteiger partial charge in [0.2, 0.25) is 0 Å². The Labute approximate surface area is 131 Å². The molecular formula is C14H19ClF3NOS. The lowest BCUT2D eigenvalue weighted by Gasteiger charge is -2.32.